The highest BCUT2D eigenvalue weighted by Gasteiger charge is 2.37. The fourth-order valence-corrected chi connectivity index (χ4v) is 2.70. The molecule has 1 aromatic rings. The van der Waals surface area contributed by atoms with Crippen LogP contribution in [0.3, 0.4) is 0 Å². The van der Waals surface area contributed by atoms with Crippen molar-refractivity contribution in [1.82, 2.24) is 0 Å². The Morgan fingerprint density at radius 2 is 1.82 bits per heavy atom. The minimum atomic E-state index is -1.17. The van der Waals surface area contributed by atoms with Crippen molar-refractivity contribution in [3.05, 3.63) is 34.6 Å². The number of carbonyl (C=O) groups excluding carboxylic acids is 1. The minimum absolute atomic E-state index is 0.153. The third-order valence-electron chi connectivity index (χ3n) is 3.53. The van der Waals surface area contributed by atoms with Gasteiger partial charge >= 0.3 is 0 Å². The zero-order valence-electron chi connectivity index (χ0n) is 10.2. The summed E-state index contributed by atoms with van der Waals surface area (Å²) in [4.78, 5) is 11.2. The zero-order valence-corrected chi connectivity index (χ0v) is 10.2. The number of benzene rings is 1. The van der Waals surface area contributed by atoms with Gasteiger partial charge in [0, 0.05) is 18.4 Å². The number of aryl methyl sites for hydroxylation is 2. The van der Waals surface area contributed by atoms with Crippen LogP contribution < -0.4 is 0 Å². The van der Waals surface area contributed by atoms with Gasteiger partial charge in [-0.3, -0.25) is 4.79 Å². The number of ketones is 1. The van der Waals surface area contributed by atoms with Crippen molar-refractivity contribution < 1.29 is 14.3 Å². The first-order valence-corrected chi connectivity index (χ1v) is 5.94. The van der Waals surface area contributed by atoms with E-state index in [1.165, 1.54) is 6.07 Å². The molecule has 0 unspecified atom stereocenters. The second-order valence-corrected chi connectivity index (χ2v) is 5.01. The van der Waals surface area contributed by atoms with E-state index in [4.69, 9.17) is 0 Å². The molecule has 0 radical (unpaired) electrons. The van der Waals surface area contributed by atoms with Crippen molar-refractivity contribution in [2.24, 2.45) is 0 Å². The van der Waals surface area contributed by atoms with Crippen LogP contribution in [0.15, 0.2) is 12.1 Å². The summed E-state index contributed by atoms with van der Waals surface area (Å²) < 4.78 is 14.0. The fraction of sp³-hybridized carbons (Fsp3) is 0.500. The van der Waals surface area contributed by atoms with Gasteiger partial charge in [-0.1, -0.05) is 6.07 Å². The molecule has 0 aliphatic heterocycles. The molecule has 1 aliphatic carbocycles. The summed E-state index contributed by atoms with van der Waals surface area (Å²) in [5.74, 6) is -0.209. The van der Waals surface area contributed by atoms with Gasteiger partial charge < -0.3 is 5.11 Å². The smallest absolute Gasteiger partial charge is 0.133 e. The van der Waals surface area contributed by atoms with Gasteiger partial charge in [-0.25, -0.2) is 4.39 Å². The molecule has 1 fully saturated rings. The predicted octanol–water partition coefficient (Wildman–Crippen LogP) is 2.77. The molecule has 1 aromatic carbocycles. The molecule has 0 bridgehead atoms. The van der Waals surface area contributed by atoms with Gasteiger partial charge in [0.05, 0.1) is 5.60 Å². The van der Waals surface area contributed by atoms with Crippen molar-refractivity contribution in [2.75, 3.05) is 0 Å². The van der Waals surface area contributed by atoms with Crippen LogP contribution in [0, 0.1) is 19.7 Å². The lowest BCUT2D eigenvalue weighted by atomic mass is 9.77. The summed E-state index contributed by atoms with van der Waals surface area (Å²) in [5.41, 5.74) is 0.810. The first-order valence-electron chi connectivity index (χ1n) is 5.94. The van der Waals surface area contributed by atoms with Crippen LogP contribution in [0.25, 0.3) is 0 Å². The van der Waals surface area contributed by atoms with E-state index in [0.717, 1.165) is 11.1 Å². The van der Waals surface area contributed by atoms with Crippen LogP contribution in [0.1, 0.15) is 42.4 Å². The summed E-state index contributed by atoms with van der Waals surface area (Å²) in [6, 6.07) is 3.31. The topological polar surface area (TPSA) is 37.3 Å². The molecule has 2 nitrogen and oxygen atoms in total. The molecule has 92 valence electrons. The normalized spacial score (nSPS) is 19.4. The van der Waals surface area contributed by atoms with E-state index in [1.807, 2.05) is 13.0 Å². The van der Waals surface area contributed by atoms with E-state index in [0.29, 0.717) is 31.2 Å². The zero-order chi connectivity index (χ0) is 12.6. The van der Waals surface area contributed by atoms with Crippen molar-refractivity contribution in [3.63, 3.8) is 0 Å². The Balaban J connectivity index is 2.43. The number of hydrogen-bond donors (Lipinski definition) is 1. The molecule has 0 aromatic heterocycles. The molecule has 0 spiro atoms. The average molecular weight is 236 g/mol. The molecular formula is C14H17FO2. The van der Waals surface area contributed by atoms with Crippen LogP contribution in [0.5, 0.6) is 0 Å². The summed E-state index contributed by atoms with van der Waals surface area (Å²) in [7, 11) is 0. The Labute approximate surface area is 100 Å². The highest BCUT2D eigenvalue weighted by atomic mass is 19.1. The molecule has 1 aliphatic rings. The van der Waals surface area contributed by atoms with E-state index in [9.17, 15) is 14.3 Å². The van der Waals surface area contributed by atoms with Crippen molar-refractivity contribution in [3.8, 4) is 0 Å². The van der Waals surface area contributed by atoms with Crippen LogP contribution in [-0.4, -0.2) is 10.9 Å². The molecule has 1 saturated carbocycles. The number of hydrogen-bond acceptors (Lipinski definition) is 2. The number of Topliss-reactive ketones (excluding diaryl/α,β-unsaturated/α-hetero) is 1. The van der Waals surface area contributed by atoms with Gasteiger partial charge in [-0.2, -0.15) is 0 Å². The first-order chi connectivity index (χ1) is 7.92. The van der Waals surface area contributed by atoms with Gasteiger partial charge in [-0.05, 0) is 43.9 Å². The summed E-state index contributed by atoms with van der Waals surface area (Å²) in [5, 5.41) is 10.5. The van der Waals surface area contributed by atoms with Crippen molar-refractivity contribution >= 4 is 5.78 Å². The standard InChI is InChI=1S/C14H17FO2/c1-9-7-10(2)13(12(15)8-9)14(17)5-3-11(16)4-6-14/h7-8,17H,3-6H2,1-2H3. The third-order valence-corrected chi connectivity index (χ3v) is 3.53. The maximum atomic E-state index is 14.0. The molecular weight excluding hydrogens is 219 g/mol. The second-order valence-electron chi connectivity index (χ2n) is 5.01. The van der Waals surface area contributed by atoms with Gasteiger partial charge in [0.2, 0.25) is 0 Å². The Morgan fingerprint density at radius 1 is 1.24 bits per heavy atom. The Hall–Kier alpha value is -1.22. The molecule has 3 heteroatoms. The largest absolute Gasteiger partial charge is 0.385 e. The molecule has 1 N–H and O–H groups in total. The minimum Gasteiger partial charge on any atom is -0.385 e. The first kappa shape index (κ1) is 12.2. The summed E-state index contributed by atoms with van der Waals surface area (Å²) in [6.45, 7) is 3.63. The number of rotatable bonds is 1. The maximum absolute atomic E-state index is 14.0. The number of carbonyl (C=O) groups is 1. The SMILES string of the molecule is Cc1cc(C)c(C2(O)CCC(=O)CC2)c(F)c1. The molecule has 2 rings (SSSR count). The van der Waals surface area contributed by atoms with Crippen LogP contribution in [0.4, 0.5) is 4.39 Å². The summed E-state index contributed by atoms with van der Waals surface area (Å²) >= 11 is 0. The molecule has 0 amide bonds. The van der Waals surface area contributed by atoms with Crippen LogP contribution in [-0.2, 0) is 10.4 Å². The lowest BCUT2D eigenvalue weighted by molar-refractivity contribution is -0.125. The van der Waals surface area contributed by atoms with Crippen molar-refractivity contribution in [2.45, 2.75) is 45.1 Å². The van der Waals surface area contributed by atoms with E-state index < -0.39 is 5.60 Å². The monoisotopic (exact) mass is 236 g/mol. The summed E-state index contributed by atoms with van der Waals surface area (Å²) in [6.07, 6.45) is 1.33. The van der Waals surface area contributed by atoms with Gasteiger partial charge in [0.15, 0.2) is 0 Å². The third kappa shape index (κ3) is 2.25. The Bertz CT molecular complexity index is 432. The highest BCUT2D eigenvalue weighted by molar-refractivity contribution is 5.79. The maximum Gasteiger partial charge on any atom is 0.133 e. The van der Waals surface area contributed by atoms with E-state index in [2.05, 4.69) is 0 Å². The fourth-order valence-electron chi connectivity index (χ4n) is 2.70. The average Bonchev–Trinajstić information content (AvgIpc) is 2.21. The highest BCUT2D eigenvalue weighted by Crippen LogP contribution is 2.38. The van der Waals surface area contributed by atoms with Crippen molar-refractivity contribution in [1.29, 1.82) is 0 Å². The Morgan fingerprint density at radius 3 is 2.35 bits per heavy atom. The van der Waals surface area contributed by atoms with Gasteiger partial charge in [0.1, 0.15) is 11.6 Å². The molecule has 17 heavy (non-hydrogen) atoms. The molecule has 0 atom stereocenters. The second kappa shape index (κ2) is 4.22. The quantitative estimate of drug-likeness (QED) is 0.814. The lowest BCUT2D eigenvalue weighted by Gasteiger charge is -2.33. The molecule has 0 heterocycles. The number of halogens is 1. The van der Waals surface area contributed by atoms with Gasteiger partial charge in [0.25, 0.3) is 0 Å². The van der Waals surface area contributed by atoms with Gasteiger partial charge in [-0.15, -0.1) is 0 Å². The van der Waals surface area contributed by atoms with E-state index in [-0.39, 0.29) is 11.6 Å². The van der Waals surface area contributed by atoms with E-state index in [1.54, 1.807) is 6.92 Å². The lowest BCUT2D eigenvalue weighted by Crippen LogP contribution is -2.33. The number of aliphatic hydroxyl groups is 1. The Kier molecular flexibility index (Phi) is 3.04. The predicted molar refractivity (Wildman–Crippen MR) is 63.2 cm³/mol. The molecule has 0 saturated heterocycles. The van der Waals surface area contributed by atoms with Crippen LogP contribution >= 0.6 is 0 Å². The van der Waals surface area contributed by atoms with Crippen LogP contribution in [0.2, 0.25) is 0 Å². The van der Waals surface area contributed by atoms with E-state index >= 15 is 0 Å².